The molecule has 0 fully saturated rings. The van der Waals surface area contributed by atoms with Gasteiger partial charge in [-0.05, 0) is 36.4 Å². The van der Waals surface area contributed by atoms with Gasteiger partial charge in [0.05, 0.1) is 27.6 Å². The van der Waals surface area contributed by atoms with E-state index in [9.17, 15) is 5.41 Å². The first kappa shape index (κ1) is 27.9. The lowest BCUT2D eigenvalue weighted by molar-refractivity contribution is 0.669. The maximum Gasteiger partial charge on any atom is 0.229 e. The van der Waals surface area contributed by atoms with Crippen LogP contribution in [-0.2, 0) is 0 Å². The lowest BCUT2D eigenvalue weighted by Crippen LogP contribution is -2.11. The number of rotatable bonds is 2. The third-order valence-electron chi connectivity index (χ3n) is 10.2. The fraction of sp³-hybridized carbons (Fsp3) is 0. The summed E-state index contributed by atoms with van der Waals surface area (Å²) in [5.74, 6) is 0.542. The zero-order valence-electron chi connectivity index (χ0n) is 27.2. The molecule has 0 aliphatic heterocycles. The number of hydrogen-bond donors (Lipinski definition) is 1. The standard InChI is InChI=1S/C45H27N5O/c46-45(50-37-21-8-4-15-29(37)30-16-5-9-22-38(30)50)48-44(27-12-2-1-3-13-27)47-26-28-14-10-23-40-42(28)35-24-39-34(25-41(35)51-40)33-19-11-18-32-31-17-6-7-20-36(31)49(39)43(32)33/h1-26,46H. The summed E-state index contributed by atoms with van der Waals surface area (Å²) in [5, 5.41) is 18.4. The predicted octanol–water partition coefficient (Wildman–Crippen LogP) is 11.2. The van der Waals surface area contributed by atoms with Crippen molar-refractivity contribution in [3.05, 3.63) is 163 Å². The van der Waals surface area contributed by atoms with Crippen LogP contribution in [0.25, 0.3) is 81.8 Å². The Balaban J connectivity index is 1.10. The minimum absolute atomic E-state index is 0.0933. The van der Waals surface area contributed by atoms with Crippen LogP contribution < -0.4 is 0 Å². The molecule has 0 atom stereocenters. The molecule has 11 aromatic rings. The van der Waals surface area contributed by atoms with E-state index < -0.39 is 0 Å². The van der Waals surface area contributed by atoms with Crippen molar-refractivity contribution in [1.82, 2.24) is 8.97 Å². The fourth-order valence-electron chi connectivity index (χ4n) is 8.07. The summed E-state index contributed by atoms with van der Waals surface area (Å²) in [5.41, 5.74) is 8.81. The molecule has 0 bridgehead atoms. The lowest BCUT2D eigenvalue weighted by Gasteiger charge is -2.07. The number of aliphatic imine (C=N–C) groups is 2. The van der Waals surface area contributed by atoms with Crippen LogP contribution in [0.3, 0.4) is 0 Å². The van der Waals surface area contributed by atoms with Gasteiger partial charge in [-0.15, -0.1) is 0 Å². The molecule has 0 amide bonds. The van der Waals surface area contributed by atoms with E-state index in [0.29, 0.717) is 5.84 Å². The number of furan rings is 1. The topological polar surface area (TPSA) is 71.1 Å². The van der Waals surface area contributed by atoms with Crippen molar-refractivity contribution < 1.29 is 4.42 Å². The summed E-state index contributed by atoms with van der Waals surface area (Å²) < 4.78 is 10.8. The van der Waals surface area contributed by atoms with E-state index in [0.717, 1.165) is 60.4 Å². The summed E-state index contributed by atoms with van der Waals surface area (Å²) in [7, 11) is 0. The van der Waals surface area contributed by atoms with Crippen LogP contribution in [0.1, 0.15) is 11.1 Å². The number of hydrogen-bond acceptors (Lipinski definition) is 2. The number of aromatic nitrogens is 2. The van der Waals surface area contributed by atoms with Crippen LogP contribution in [0.4, 0.5) is 0 Å². The highest BCUT2D eigenvalue weighted by molar-refractivity contribution is 6.26. The molecule has 4 aromatic heterocycles. The van der Waals surface area contributed by atoms with E-state index in [1.165, 1.54) is 32.6 Å². The predicted molar refractivity (Wildman–Crippen MR) is 212 cm³/mol. The Morgan fingerprint density at radius 2 is 1.14 bits per heavy atom. The zero-order valence-corrected chi connectivity index (χ0v) is 27.2. The van der Waals surface area contributed by atoms with E-state index in [1.54, 1.807) is 0 Å². The molecule has 0 saturated heterocycles. The molecule has 51 heavy (non-hydrogen) atoms. The SMILES string of the molecule is N=C(N=C(N=Cc1cccc2oc3cc4c5cccc6c7ccccc7n(c4cc3c12)c65)c1ccccc1)n1c2ccccc2c2ccccc21. The van der Waals surface area contributed by atoms with Crippen LogP contribution in [-0.4, -0.2) is 27.0 Å². The number of nitrogens with one attached hydrogen (secondary N) is 1. The van der Waals surface area contributed by atoms with Gasteiger partial charge in [0.2, 0.25) is 5.96 Å². The molecular weight excluding hydrogens is 627 g/mol. The minimum Gasteiger partial charge on any atom is -0.456 e. The van der Waals surface area contributed by atoms with Crippen molar-refractivity contribution in [3.63, 3.8) is 0 Å². The maximum atomic E-state index is 9.29. The van der Waals surface area contributed by atoms with Crippen molar-refractivity contribution in [3.8, 4) is 0 Å². The Kier molecular flexibility index (Phi) is 5.72. The Hall–Kier alpha value is -7.05. The normalized spacial score (nSPS) is 12.8. The van der Waals surface area contributed by atoms with Gasteiger partial charge in [-0.1, -0.05) is 115 Å². The molecule has 4 heterocycles. The summed E-state index contributed by atoms with van der Waals surface area (Å²) in [6, 6.07) is 51.9. The van der Waals surface area contributed by atoms with Gasteiger partial charge in [-0.25, -0.2) is 4.99 Å². The molecule has 0 saturated carbocycles. The molecule has 0 aliphatic carbocycles. The highest BCUT2D eigenvalue weighted by Gasteiger charge is 2.20. The summed E-state index contributed by atoms with van der Waals surface area (Å²) in [4.78, 5) is 9.89. The molecule has 7 aromatic carbocycles. The van der Waals surface area contributed by atoms with Crippen molar-refractivity contribution in [2.75, 3.05) is 0 Å². The monoisotopic (exact) mass is 653 g/mol. The van der Waals surface area contributed by atoms with Crippen molar-refractivity contribution in [2.24, 2.45) is 9.98 Å². The molecule has 0 radical (unpaired) electrons. The third kappa shape index (κ3) is 3.95. The van der Waals surface area contributed by atoms with Gasteiger partial charge in [-0.3, -0.25) is 9.98 Å². The summed E-state index contributed by atoms with van der Waals surface area (Å²) >= 11 is 0. The Morgan fingerprint density at radius 3 is 1.88 bits per heavy atom. The van der Waals surface area contributed by atoms with Gasteiger partial charge < -0.3 is 8.82 Å². The van der Waals surface area contributed by atoms with Crippen LogP contribution in [0.5, 0.6) is 0 Å². The average molecular weight is 654 g/mol. The summed E-state index contributed by atoms with van der Waals surface area (Å²) in [6.45, 7) is 0. The third-order valence-corrected chi connectivity index (χ3v) is 10.2. The molecule has 6 nitrogen and oxygen atoms in total. The number of amidine groups is 1. The second kappa shape index (κ2) is 10.5. The number of benzene rings is 7. The minimum atomic E-state index is 0.0933. The highest BCUT2D eigenvalue weighted by atomic mass is 16.3. The van der Waals surface area contributed by atoms with E-state index in [1.807, 2.05) is 89.6 Å². The number of fused-ring (bicyclic) bond motifs is 12. The molecule has 6 heteroatoms. The van der Waals surface area contributed by atoms with Crippen LogP contribution in [0.15, 0.2) is 166 Å². The quantitative estimate of drug-likeness (QED) is 0.146. The van der Waals surface area contributed by atoms with E-state index in [4.69, 9.17) is 14.4 Å². The van der Waals surface area contributed by atoms with Crippen molar-refractivity contribution in [2.45, 2.75) is 0 Å². The van der Waals surface area contributed by atoms with Gasteiger partial charge in [0, 0.05) is 60.4 Å². The van der Waals surface area contributed by atoms with Crippen molar-refractivity contribution >= 4 is 99.8 Å². The first-order valence-electron chi connectivity index (χ1n) is 17.0. The van der Waals surface area contributed by atoms with Crippen LogP contribution in [0, 0.1) is 5.41 Å². The number of para-hydroxylation sites is 4. The van der Waals surface area contributed by atoms with Gasteiger partial charge in [-0.2, -0.15) is 4.99 Å². The Labute approximate surface area is 290 Å². The second-order valence-electron chi connectivity index (χ2n) is 13.0. The number of nitrogens with zero attached hydrogens (tertiary/aromatic N) is 4. The van der Waals surface area contributed by atoms with Gasteiger partial charge >= 0.3 is 0 Å². The first-order chi connectivity index (χ1) is 25.2. The molecular formula is C45H27N5O. The largest absolute Gasteiger partial charge is 0.456 e. The molecule has 0 unspecified atom stereocenters. The van der Waals surface area contributed by atoms with Gasteiger partial charge in [0.1, 0.15) is 11.2 Å². The smallest absolute Gasteiger partial charge is 0.229 e. The lowest BCUT2D eigenvalue weighted by atomic mass is 10.0. The van der Waals surface area contributed by atoms with E-state index in [2.05, 4.69) is 77.2 Å². The molecule has 11 rings (SSSR count). The van der Waals surface area contributed by atoms with E-state index >= 15 is 0 Å². The Morgan fingerprint density at radius 1 is 0.529 bits per heavy atom. The molecule has 1 N–H and O–H groups in total. The van der Waals surface area contributed by atoms with Crippen molar-refractivity contribution in [1.29, 1.82) is 5.41 Å². The van der Waals surface area contributed by atoms with Gasteiger partial charge in [0.25, 0.3) is 0 Å². The first-order valence-corrected chi connectivity index (χ1v) is 17.0. The maximum absolute atomic E-state index is 9.29. The summed E-state index contributed by atoms with van der Waals surface area (Å²) in [6.07, 6.45) is 1.85. The zero-order chi connectivity index (χ0) is 33.6. The molecule has 0 spiro atoms. The fourth-order valence-corrected chi connectivity index (χ4v) is 8.07. The second-order valence-corrected chi connectivity index (χ2v) is 13.0. The Bertz CT molecular complexity index is 3210. The van der Waals surface area contributed by atoms with Gasteiger partial charge in [0.15, 0.2) is 5.84 Å². The molecule has 0 aliphatic rings. The molecule has 238 valence electrons. The highest BCUT2D eigenvalue weighted by Crippen LogP contribution is 2.42. The van der Waals surface area contributed by atoms with E-state index in [-0.39, 0.29) is 5.96 Å². The van der Waals surface area contributed by atoms with Crippen LogP contribution >= 0.6 is 0 Å². The average Bonchev–Trinajstić information content (AvgIpc) is 3.91. The van der Waals surface area contributed by atoms with Crippen LogP contribution in [0.2, 0.25) is 0 Å².